The van der Waals surface area contributed by atoms with Gasteiger partial charge >= 0.3 is 0 Å². The summed E-state index contributed by atoms with van der Waals surface area (Å²) in [6.45, 7) is 1.14. The number of carbonyl (C=O) groups excluding carboxylic acids is 1. The van der Waals surface area contributed by atoms with Gasteiger partial charge in [-0.1, -0.05) is 29.3 Å². The zero-order chi connectivity index (χ0) is 31.5. The third-order valence-corrected chi connectivity index (χ3v) is 7.97. The third kappa shape index (κ3) is 6.59. The lowest BCUT2D eigenvalue weighted by molar-refractivity contribution is -0.0281. The highest BCUT2D eigenvalue weighted by Gasteiger charge is 2.24. The number of anilines is 1. The zero-order valence-corrected chi connectivity index (χ0v) is 25.0. The smallest absolute Gasteiger partial charge is 0.279 e. The number of hydrogen-bond acceptors (Lipinski definition) is 8. The van der Waals surface area contributed by atoms with Crippen molar-refractivity contribution in [1.29, 1.82) is 0 Å². The Morgan fingerprint density at radius 3 is 2.55 bits per heavy atom. The number of ether oxygens (including phenoxy) is 2. The van der Waals surface area contributed by atoms with Crippen molar-refractivity contribution >= 4 is 34.8 Å². The van der Waals surface area contributed by atoms with Gasteiger partial charge in [0, 0.05) is 54.7 Å². The number of rotatable bonds is 8. The van der Waals surface area contributed by atoms with Crippen LogP contribution in [0.3, 0.4) is 0 Å². The standard InChI is InChI=1S/C30H27Cl2F2N5O5/c1-39-30(42)18(5-7-36-39)28(41)37-24-12-17(34)10-20(27(24)32)19-9-16(33)11-21(26(19)31)22-4-3-15(29(38-22)43-2)13-35-23-6-8-44-14-25(23)40/h3-5,7,9-12,23,25,35,40H,6,8,13-14H2,1-2H3,(H,37,41). The van der Waals surface area contributed by atoms with Crippen LogP contribution >= 0.6 is 23.2 Å². The molecule has 2 atom stereocenters. The largest absolute Gasteiger partial charge is 0.481 e. The van der Waals surface area contributed by atoms with Crippen LogP contribution in [0.4, 0.5) is 14.5 Å². The van der Waals surface area contributed by atoms with Crippen LogP contribution in [0.1, 0.15) is 22.3 Å². The molecule has 2 aromatic carbocycles. The second-order valence-electron chi connectivity index (χ2n) is 10.0. The van der Waals surface area contributed by atoms with Crippen molar-refractivity contribution < 1.29 is 28.2 Å². The zero-order valence-electron chi connectivity index (χ0n) is 23.5. The quantitative estimate of drug-likeness (QED) is 0.254. The van der Waals surface area contributed by atoms with E-state index in [2.05, 4.69) is 20.7 Å². The van der Waals surface area contributed by atoms with Crippen molar-refractivity contribution in [3.63, 3.8) is 0 Å². The Bertz CT molecular complexity index is 1790. The number of amides is 1. The van der Waals surface area contributed by atoms with Crippen LogP contribution in [-0.2, 0) is 18.3 Å². The molecule has 1 fully saturated rings. The summed E-state index contributed by atoms with van der Waals surface area (Å²) in [6, 6.07) is 8.74. The number of aliphatic hydroxyl groups excluding tert-OH is 1. The van der Waals surface area contributed by atoms with Crippen LogP contribution in [0.5, 0.6) is 5.88 Å². The van der Waals surface area contributed by atoms with Crippen LogP contribution in [0.15, 0.2) is 53.5 Å². The van der Waals surface area contributed by atoms with E-state index in [4.69, 9.17) is 32.7 Å². The number of aryl methyl sites for hydroxylation is 1. The topological polar surface area (TPSA) is 128 Å². The van der Waals surface area contributed by atoms with E-state index in [9.17, 15) is 19.1 Å². The van der Waals surface area contributed by atoms with Crippen molar-refractivity contribution in [3.8, 4) is 28.3 Å². The summed E-state index contributed by atoms with van der Waals surface area (Å²) in [7, 11) is 2.82. The van der Waals surface area contributed by atoms with E-state index in [0.29, 0.717) is 25.1 Å². The van der Waals surface area contributed by atoms with Gasteiger partial charge in [-0.05, 0) is 42.8 Å². The summed E-state index contributed by atoms with van der Waals surface area (Å²) in [6.07, 6.45) is 1.27. The summed E-state index contributed by atoms with van der Waals surface area (Å²) in [5.74, 6) is -2.08. The summed E-state index contributed by atoms with van der Waals surface area (Å²) in [5, 5.41) is 19.5. The molecule has 5 rings (SSSR count). The lowest BCUT2D eigenvalue weighted by atomic mass is 9.99. The fourth-order valence-electron chi connectivity index (χ4n) is 4.85. The molecule has 4 aromatic rings. The number of benzene rings is 2. The highest BCUT2D eigenvalue weighted by Crippen LogP contribution is 2.42. The molecule has 1 amide bonds. The molecule has 0 saturated carbocycles. The molecule has 0 bridgehead atoms. The molecule has 0 radical (unpaired) electrons. The second kappa shape index (κ2) is 13.4. The first-order valence-electron chi connectivity index (χ1n) is 13.4. The number of methoxy groups -OCH3 is 1. The molecule has 3 heterocycles. The Balaban J connectivity index is 1.48. The SMILES string of the molecule is COc1nc(-c2cc(F)cc(-c3cc(F)cc(NC(=O)c4ccnn(C)c4=O)c3Cl)c2Cl)ccc1CNC1CCOCC1O. The van der Waals surface area contributed by atoms with Gasteiger partial charge in [-0.25, -0.2) is 18.4 Å². The Kier molecular flexibility index (Phi) is 9.56. The molecule has 0 aliphatic carbocycles. The van der Waals surface area contributed by atoms with Gasteiger partial charge in [-0.15, -0.1) is 0 Å². The van der Waals surface area contributed by atoms with E-state index in [1.165, 1.54) is 32.5 Å². The normalized spacial score (nSPS) is 16.5. The summed E-state index contributed by atoms with van der Waals surface area (Å²) in [5.41, 5.74) is 0.140. The summed E-state index contributed by atoms with van der Waals surface area (Å²) in [4.78, 5) is 29.7. The number of pyridine rings is 1. The average molecular weight is 646 g/mol. The maximum absolute atomic E-state index is 15.0. The second-order valence-corrected chi connectivity index (χ2v) is 10.8. The van der Waals surface area contributed by atoms with Crippen LogP contribution in [0, 0.1) is 11.6 Å². The van der Waals surface area contributed by atoms with E-state index < -0.39 is 29.2 Å². The predicted molar refractivity (Wildman–Crippen MR) is 161 cm³/mol. The van der Waals surface area contributed by atoms with Crippen molar-refractivity contribution in [2.45, 2.75) is 25.1 Å². The molecule has 2 aromatic heterocycles. The van der Waals surface area contributed by atoms with Gasteiger partial charge in [-0.2, -0.15) is 5.10 Å². The number of carbonyl (C=O) groups is 1. The minimum atomic E-state index is -0.838. The molecule has 44 heavy (non-hydrogen) atoms. The molecular weight excluding hydrogens is 619 g/mol. The number of hydrogen-bond donors (Lipinski definition) is 3. The molecule has 10 nitrogen and oxygen atoms in total. The van der Waals surface area contributed by atoms with Gasteiger partial charge in [0.25, 0.3) is 11.5 Å². The maximum atomic E-state index is 15.0. The molecule has 1 saturated heterocycles. The maximum Gasteiger partial charge on any atom is 0.279 e. The minimum absolute atomic E-state index is 0.00171. The number of nitrogens with zero attached hydrogens (tertiary/aromatic N) is 3. The number of nitrogens with one attached hydrogen (secondary N) is 2. The lowest BCUT2D eigenvalue weighted by Crippen LogP contribution is -2.46. The number of aliphatic hydroxyl groups is 1. The molecule has 14 heteroatoms. The first-order valence-corrected chi connectivity index (χ1v) is 14.2. The molecule has 0 spiro atoms. The molecule has 2 unspecified atom stereocenters. The summed E-state index contributed by atoms with van der Waals surface area (Å²) < 4.78 is 41.6. The molecule has 1 aliphatic heterocycles. The van der Waals surface area contributed by atoms with Crippen molar-refractivity contribution in [2.24, 2.45) is 7.05 Å². The highest BCUT2D eigenvalue weighted by molar-refractivity contribution is 6.39. The van der Waals surface area contributed by atoms with Gasteiger partial charge in [0.1, 0.15) is 17.2 Å². The average Bonchev–Trinajstić information content (AvgIpc) is 3.00. The Morgan fingerprint density at radius 1 is 1.11 bits per heavy atom. The third-order valence-electron chi connectivity index (χ3n) is 7.15. The van der Waals surface area contributed by atoms with Crippen molar-refractivity contribution in [3.05, 3.63) is 91.8 Å². The van der Waals surface area contributed by atoms with Gasteiger partial charge in [-0.3, -0.25) is 9.59 Å². The van der Waals surface area contributed by atoms with Crippen LogP contribution in [-0.4, -0.2) is 58.2 Å². The molecule has 230 valence electrons. The summed E-state index contributed by atoms with van der Waals surface area (Å²) >= 11 is 13.4. The van der Waals surface area contributed by atoms with Gasteiger partial charge in [0.15, 0.2) is 0 Å². The number of aromatic nitrogens is 3. The Labute approximate surface area is 260 Å². The number of halogens is 4. The highest BCUT2D eigenvalue weighted by atomic mass is 35.5. The Morgan fingerprint density at radius 2 is 1.82 bits per heavy atom. The fourth-order valence-corrected chi connectivity index (χ4v) is 5.41. The molecule has 3 N–H and O–H groups in total. The monoisotopic (exact) mass is 645 g/mol. The van der Waals surface area contributed by atoms with Crippen molar-refractivity contribution in [1.82, 2.24) is 20.1 Å². The van der Waals surface area contributed by atoms with E-state index in [1.54, 1.807) is 12.1 Å². The first kappa shape index (κ1) is 31.5. The van der Waals surface area contributed by atoms with Gasteiger partial charge in [0.05, 0.1) is 41.2 Å². The van der Waals surface area contributed by atoms with Crippen LogP contribution in [0.25, 0.3) is 22.4 Å². The van der Waals surface area contributed by atoms with Crippen molar-refractivity contribution in [2.75, 3.05) is 25.6 Å². The van der Waals surface area contributed by atoms with Crippen LogP contribution in [0.2, 0.25) is 10.0 Å². The van der Waals surface area contributed by atoms with E-state index in [1.807, 2.05) is 0 Å². The lowest BCUT2D eigenvalue weighted by Gasteiger charge is -2.28. The predicted octanol–water partition coefficient (Wildman–Crippen LogP) is 4.59. The van der Waals surface area contributed by atoms with E-state index in [-0.39, 0.29) is 62.2 Å². The fraction of sp³-hybridized carbons (Fsp3) is 0.267. The molecular formula is C30H27Cl2F2N5O5. The van der Waals surface area contributed by atoms with E-state index >= 15 is 4.39 Å². The first-order chi connectivity index (χ1) is 21.1. The van der Waals surface area contributed by atoms with E-state index in [0.717, 1.165) is 22.9 Å². The minimum Gasteiger partial charge on any atom is -0.481 e. The van der Waals surface area contributed by atoms with Crippen LogP contribution < -0.4 is 20.9 Å². The Hall–Kier alpha value is -3.94. The molecule has 1 aliphatic rings. The van der Waals surface area contributed by atoms with Gasteiger partial charge < -0.3 is 25.2 Å². The van der Waals surface area contributed by atoms with Gasteiger partial charge in [0.2, 0.25) is 5.88 Å².